The molecule has 17 heavy (non-hydrogen) atoms. The molecule has 0 bridgehead atoms. The predicted octanol–water partition coefficient (Wildman–Crippen LogP) is 3.69. The third-order valence-corrected chi connectivity index (χ3v) is 3.26. The Balaban J connectivity index is 4.00. The van der Waals surface area contributed by atoms with Crippen molar-refractivity contribution in [3.05, 3.63) is 0 Å². The summed E-state index contributed by atoms with van der Waals surface area (Å²) >= 11 is 0. The molecule has 0 fully saturated rings. The van der Waals surface area contributed by atoms with Crippen molar-refractivity contribution in [3.8, 4) is 0 Å². The fourth-order valence-corrected chi connectivity index (χ4v) is 2.89. The molecule has 0 aliphatic carbocycles. The molecule has 0 radical (unpaired) electrons. The molecular formula is C15H34N2. The van der Waals surface area contributed by atoms with Gasteiger partial charge in [0.25, 0.3) is 0 Å². The van der Waals surface area contributed by atoms with Crippen molar-refractivity contribution in [2.45, 2.75) is 78.2 Å². The van der Waals surface area contributed by atoms with E-state index in [0.717, 1.165) is 25.8 Å². The zero-order valence-corrected chi connectivity index (χ0v) is 12.5. The highest BCUT2D eigenvalue weighted by Crippen LogP contribution is 2.27. The molecule has 0 unspecified atom stereocenters. The molecular weight excluding hydrogens is 208 g/mol. The highest BCUT2D eigenvalue weighted by atomic mass is 14.7. The number of rotatable bonds is 10. The first kappa shape index (κ1) is 16.9. The van der Waals surface area contributed by atoms with Crippen molar-refractivity contribution in [2.75, 3.05) is 6.54 Å². The van der Waals surface area contributed by atoms with E-state index >= 15 is 0 Å². The van der Waals surface area contributed by atoms with Crippen LogP contribution in [0.25, 0.3) is 0 Å². The van der Waals surface area contributed by atoms with Gasteiger partial charge in [0.1, 0.15) is 0 Å². The number of hydrogen-bond donors (Lipinski definition) is 2. The van der Waals surface area contributed by atoms with Crippen LogP contribution >= 0.6 is 0 Å². The number of unbranched alkanes of at least 4 members (excludes halogenated alkanes) is 3. The Labute approximate surface area is 109 Å². The Morgan fingerprint density at radius 3 is 1.71 bits per heavy atom. The second kappa shape index (κ2) is 8.93. The maximum Gasteiger partial charge on any atom is 0.0159 e. The van der Waals surface area contributed by atoms with Crippen molar-refractivity contribution in [3.63, 3.8) is 0 Å². The van der Waals surface area contributed by atoms with Crippen molar-refractivity contribution in [1.82, 2.24) is 0 Å². The van der Waals surface area contributed by atoms with Crippen LogP contribution in [0.2, 0.25) is 0 Å². The quantitative estimate of drug-likeness (QED) is 0.574. The third-order valence-electron chi connectivity index (χ3n) is 3.26. The summed E-state index contributed by atoms with van der Waals surface area (Å²) < 4.78 is 0. The van der Waals surface area contributed by atoms with Gasteiger partial charge in [-0.1, -0.05) is 47.0 Å². The van der Waals surface area contributed by atoms with Crippen molar-refractivity contribution < 1.29 is 0 Å². The van der Waals surface area contributed by atoms with E-state index in [1.165, 1.54) is 25.7 Å². The summed E-state index contributed by atoms with van der Waals surface area (Å²) in [7, 11) is 0. The average Bonchev–Trinajstić information content (AvgIpc) is 2.14. The van der Waals surface area contributed by atoms with Crippen LogP contribution in [0.1, 0.15) is 72.6 Å². The van der Waals surface area contributed by atoms with E-state index in [-0.39, 0.29) is 5.54 Å². The molecule has 0 heterocycles. The zero-order valence-electron chi connectivity index (χ0n) is 12.5. The maximum absolute atomic E-state index is 6.59. The first-order valence-corrected chi connectivity index (χ1v) is 7.38. The van der Waals surface area contributed by atoms with Crippen molar-refractivity contribution >= 4 is 0 Å². The molecule has 0 saturated carbocycles. The minimum absolute atomic E-state index is 0.0606. The van der Waals surface area contributed by atoms with Gasteiger partial charge in [0.2, 0.25) is 0 Å². The fraction of sp³-hybridized carbons (Fsp3) is 1.00. The van der Waals surface area contributed by atoms with Crippen LogP contribution in [-0.4, -0.2) is 12.1 Å². The second-order valence-corrected chi connectivity index (χ2v) is 6.51. The molecule has 0 aliphatic heterocycles. The number of hydrogen-bond acceptors (Lipinski definition) is 2. The Morgan fingerprint density at radius 2 is 1.29 bits per heavy atom. The Bertz CT molecular complexity index is 166. The normalized spacial score (nSPS) is 12.7. The Hall–Kier alpha value is -0.0800. The van der Waals surface area contributed by atoms with Crippen LogP contribution in [0.3, 0.4) is 0 Å². The fourth-order valence-electron chi connectivity index (χ4n) is 2.89. The van der Waals surface area contributed by atoms with E-state index in [4.69, 9.17) is 11.5 Å². The highest BCUT2D eigenvalue weighted by Gasteiger charge is 2.26. The van der Waals surface area contributed by atoms with Crippen LogP contribution in [0.4, 0.5) is 0 Å². The monoisotopic (exact) mass is 242 g/mol. The minimum atomic E-state index is 0.0606. The summed E-state index contributed by atoms with van der Waals surface area (Å²) in [5.41, 5.74) is 12.2. The van der Waals surface area contributed by atoms with Gasteiger partial charge in [0.05, 0.1) is 0 Å². The molecule has 2 heteroatoms. The minimum Gasteiger partial charge on any atom is -0.330 e. The van der Waals surface area contributed by atoms with Gasteiger partial charge in [0.15, 0.2) is 0 Å². The lowest BCUT2D eigenvalue weighted by molar-refractivity contribution is 0.259. The van der Waals surface area contributed by atoms with Crippen LogP contribution in [0, 0.1) is 11.8 Å². The molecule has 0 amide bonds. The summed E-state index contributed by atoms with van der Waals surface area (Å²) in [6.45, 7) is 9.92. The van der Waals surface area contributed by atoms with Gasteiger partial charge in [-0.15, -0.1) is 0 Å². The highest BCUT2D eigenvalue weighted by molar-refractivity contribution is 4.86. The molecule has 0 aromatic rings. The molecule has 0 atom stereocenters. The lowest BCUT2D eigenvalue weighted by Gasteiger charge is -2.33. The van der Waals surface area contributed by atoms with Crippen LogP contribution < -0.4 is 11.5 Å². The molecule has 0 aromatic heterocycles. The third kappa shape index (κ3) is 9.61. The Morgan fingerprint density at radius 1 is 0.824 bits per heavy atom. The van der Waals surface area contributed by atoms with E-state index in [9.17, 15) is 0 Å². The van der Waals surface area contributed by atoms with Gasteiger partial charge < -0.3 is 11.5 Å². The van der Waals surface area contributed by atoms with Crippen molar-refractivity contribution in [1.29, 1.82) is 0 Å². The van der Waals surface area contributed by atoms with E-state index in [1.54, 1.807) is 0 Å². The van der Waals surface area contributed by atoms with Crippen LogP contribution in [0.5, 0.6) is 0 Å². The van der Waals surface area contributed by atoms with Gasteiger partial charge >= 0.3 is 0 Å². The first-order chi connectivity index (χ1) is 7.89. The summed E-state index contributed by atoms with van der Waals surface area (Å²) in [6, 6.07) is 0. The van der Waals surface area contributed by atoms with Gasteiger partial charge in [-0.25, -0.2) is 0 Å². The first-order valence-electron chi connectivity index (χ1n) is 7.38. The summed E-state index contributed by atoms with van der Waals surface area (Å²) in [6.07, 6.45) is 8.45. The maximum atomic E-state index is 6.59. The van der Waals surface area contributed by atoms with Crippen LogP contribution in [-0.2, 0) is 0 Å². The van der Waals surface area contributed by atoms with Gasteiger partial charge in [-0.05, 0) is 44.1 Å². The van der Waals surface area contributed by atoms with E-state index in [2.05, 4.69) is 27.7 Å². The van der Waals surface area contributed by atoms with Crippen molar-refractivity contribution in [2.24, 2.45) is 23.3 Å². The van der Waals surface area contributed by atoms with E-state index < -0.39 is 0 Å². The van der Waals surface area contributed by atoms with Crippen LogP contribution in [0.15, 0.2) is 0 Å². The summed E-state index contributed by atoms with van der Waals surface area (Å²) in [5.74, 6) is 1.39. The van der Waals surface area contributed by atoms with Gasteiger partial charge in [-0.2, -0.15) is 0 Å². The smallest absolute Gasteiger partial charge is 0.0159 e. The number of nitrogens with two attached hydrogens (primary N) is 2. The molecule has 2 nitrogen and oxygen atoms in total. The predicted molar refractivity (Wildman–Crippen MR) is 78.0 cm³/mol. The molecule has 0 aliphatic rings. The SMILES string of the molecule is CC(C)CC(N)(CCCCCCN)CC(C)C. The lowest BCUT2D eigenvalue weighted by atomic mass is 9.79. The topological polar surface area (TPSA) is 52.0 Å². The Kier molecular flexibility index (Phi) is 8.89. The standard InChI is InChI=1S/C15H34N2/c1-13(2)11-15(17,12-14(3)4)9-7-5-6-8-10-16/h13-14H,5-12,16-17H2,1-4H3. The molecule has 0 rings (SSSR count). The van der Waals surface area contributed by atoms with Gasteiger partial charge in [-0.3, -0.25) is 0 Å². The van der Waals surface area contributed by atoms with Gasteiger partial charge in [0, 0.05) is 5.54 Å². The largest absolute Gasteiger partial charge is 0.330 e. The van der Waals surface area contributed by atoms with E-state index in [0.29, 0.717) is 11.8 Å². The summed E-state index contributed by atoms with van der Waals surface area (Å²) in [5, 5.41) is 0. The summed E-state index contributed by atoms with van der Waals surface area (Å²) in [4.78, 5) is 0. The second-order valence-electron chi connectivity index (χ2n) is 6.51. The lowest BCUT2D eigenvalue weighted by Crippen LogP contribution is -2.42. The molecule has 0 spiro atoms. The molecule has 0 aromatic carbocycles. The molecule has 0 saturated heterocycles. The average molecular weight is 242 g/mol. The molecule has 4 N–H and O–H groups in total. The zero-order chi connectivity index (χ0) is 13.3. The van der Waals surface area contributed by atoms with E-state index in [1.807, 2.05) is 0 Å². The molecule has 104 valence electrons.